The second-order valence-corrected chi connectivity index (χ2v) is 6.94. The summed E-state index contributed by atoms with van der Waals surface area (Å²) in [4.78, 5) is 11.9. The van der Waals surface area contributed by atoms with E-state index in [9.17, 15) is 13.2 Å². The van der Waals surface area contributed by atoms with Crippen molar-refractivity contribution in [2.75, 3.05) is 5.75 Å². The Morgan fingerprint density at radius 3 is 2.40 bits per heavy atom. The molecule has 0 amide bonds. The SMILES string of the molecule is CC1(C)C2CC[C@@]1(CS(=O)(=O)[OH2+])C(=O)C2. The first kappa shape index (κ1) is 11.1. The van der Waals surface area contributed by atoms with Gasteiger partial charge in [-0.05, 0) is 24.2 Å². The normalized spacial score (nSPS) is 38.6. The van der Waals surface area contributed by atoms with Gasteiger partial charge in [-0.3, -0.25) is 4.79 Å². The lowest BCUT2D eigenvalue weighted by Gasteiger charge is -2.34. The summed E-state index contributed by atoms with van der Waals surface area (Å²) in [6, 6.07) is 0. The number of rotatable bonds is 2. The fourth-order valence-corrected chi connectivity index (χ4v) is 4.76. The lowest BCUT2D eigenvalue weighted by molar-refractivity contribution is -0.128. The first-order chi connectivity index (χ1) is 6.69. The number of carbonyl (C=O) groups is 1. The molecule has 2 rings (SSSR count). The van der Waals surface area contributed by atoms with E-state index < -0.39 is 15.5 Å². The molecule has 15 heavy (non-hydrogen) atoms. The van der Waals surface area contributed by atoms with Gasteiger partial charge in [0.05, 0.1) is 5.41 Å². The molecule has 2 bridgehead atoms. The van der Waals surface area contributed by atoms with Crippen LogP contribution in [0.4, 0.5) is 0 Å². The molecule has 0 aromatic rings. The van der Waals surface area contributed by atoms with Gasteiger partial charge in [0.2, 0.25) is 0 Å². The van der Waals surface area contributed by atoms with Gasteiger partial charge in [-0.25, -0.2) is 0 Å². The van der Waals surface area contributed by atoms with E-state index in [2.05, 4.69) is 0 Å². The maximum atomic E-state index is 11.9. The lowest BCUT2D eigenvalue weighted by Crippen LogP contribution is -2.42. The molecule has 0 saturated heterocycles. The van der Waals surface area contributed by atoms with Crippen LogP contribution < -0.4 is 0 Å². The minimum absolute atomic E-state index is 0.0552. The smallest absolute Gasteiger partial charge is 0.333 e. The van der Waals surface area contributed by atoms with Crippen molar-refractivity contribution < 1.29 is 17.8 Å². The number of hydrogen-bond acceptors (Lipinski definition) is 3. The highest BCUT2D eigenvalue weighted by molar-refractivity contribution is 7.85. The molecule has 0 spiro atoms. The van der Waals surface area contributed by atoms with Crippen molar-refractivity contribution in [2.45, 2.75) is 33.1 Å². The number of fused-ring (bicyclic) bond motifs is 2. The zero-order valence-corrected chi connectivity index (χ0v) is 9.86. The molecule has 0 aromatic heterocycles. The lowest BCUT2D eigenvalue weighted by atomic mass is 9.70. The number of hydrogen-bond donors (Lipinski definition) is 0. The molecule has 5 heteroatoms. The summed E-state index contributed by atoms with van der Waals surface area (Å²) in [5.74, 6) is 0.0776. The van der Waals surface area contributed by atoms with Crippen LogP contribution in [0.1, 0.15) is 33.1 Å². The Hall–Kier alpha value is -0.420. The maximum Gasteiger partial charge on any atom is 0.379 e. The topological polar surface area (TPSA) is 74.1 Å². The summed E-state index contributed by atoms with van der Waals surface area (Å²) >= 11 is 0. The van der Waals surface area contributed by atoms with Crippen molar-refractivity contribution in [1.29, 1.82) is 0 Å². The fraction of sp³-hybridized carbons (Fsp3) is 0.900. The molecule has 0 radical (unpaired) electrons. The van der Waals surface area contributed by atoms with E-state index in [-0.39, 0.29) is 17.0 Å². The minimum atomic E-state index is -3.83. The van der Waals surface area contributed by atoms with E-state index in [1.54, 1.807) is 0 Å². The first-order valence-corrected chi connectivity index (χ1v) is 6.85. The highest BCUT2D eigenvalue weighted by Crippen LogP contribution is 2.64. The molecular weight excluding hydrogens is 216 g/mol. The predicted octanol–water partition coefficient (Wildman–Crippen LogP) is 0.436. The average molecular weight is 233 g/mol. The average Bonchev–Trinajstić information content (AvgIpc) is 2.34. The van der Waals surface area contributed by atoms with Crippen molar-refractivity contribution in [3.63, 3.8) is 0 Å². The van der Waals surface area contributed by atoms with E-state index in [1.807, 2.05) is 13.8 Å². The number of Topliss-reactive ketones (excluding diaryl/α,β-unsaturated/α-hetero) is 1. The summed E-state index contributed by atoms with van der Waals surface area (Å²) in [6.45, 7) is 3.95. The summed E-state index contributed by atoms with van der Waals surface area (Å²) in [5.41, 5.74) is -1.02. The molecule has 1 unspecified atom stereocenters. The monoisotopic (exact) mass is 233 g/mol. The van der Waals surface area contributed by atoms with Crippen LogP contribution in [0, 0.1) is 16.7 Å². The molecule has 86 valence electrons. The largest absolute Gasteiger partial charge is 0.379 e. The molecule has 2 fully saturated rings. The van der Waals surface area contributed by atoms with Crippen molar-refractivity contribution in [3.05, 3.63) is 0 Å². The van der Waals surface area contributed by atoms with Crippen LogP contribution in [-0.4, -0.2) is 24.5 Å². The first-order valence-electron chi connectivity index (χ1n) is 5.20. The summed E-state index contributed by atoms with van der Waals surface area (Å²) in [6.07, 6.45) is 2.07. The molecule has 2 saturated carbocycles. The van der Waals surface area contributed by atoms with E-state index in [1.165, 1.54) is 0 Å². The van der Waals surface area contributed by atoms with Crippen LogP contribution in [0.3, 0.4) is 0 Å². The zero-order valence-electron chi connectivity index (χ0n) is 9.04. The minimum Gasteiger partial charge on any atom is -0.333 e. The fourth-order valence-electron chi connectivity index (χ4n) is 3.43. The third-order valence-electron chi connectivity index (χ3n) is 4.58. The van der Waals surface area contributed by atoms with Crippen LogP contribution in [0.5, 0.6) is 0 Å². The van der Waals surface area contributed by atoms with Gasteiger partial charge in [-0.15, -0.1) is 0 Å². The molecule has 0 aromatic carbocycles. The van der Waals surface area contributed by atoms with Gasteiger partial charge in [-0.1, -0.05) is 13.8 Å². The van der Waals surface area contributed by atoms with Crippen LogP contribution in [-0.2, 0) is 14.9 Å². The van der Waals surface area contributed by atoms with Crippen LogP contribution in [0.25, 0.3) is 0 Å². The van der Waals surface area contributed by atoms with Crippen molar-refractivity contribution in [2.24, 2.45) is 16.7 Å². The Balaban J connectivity index is 2.45. The van der Waals surface area contributed by atoms with E-state index >= 15 is 0 Å². The van der Waals surface area contributed by atoms with Gasteiger partial charge >= 0.3 is 10.1 Å². The van der Waals surface area contributed by atoms with E-state index in [4.69, 9.17) is 4.55 Å². The molecule has 0 aliphatic heterocycles. The third-order valence-corrected chi connectivity index (χ3v) is 5.45. The molecule has 2 aliphatic rings. The van der Waals surface area contributed by atoms with E-state index in [0.29, 0.717) is 18.8 Å². The van der Waals surface area contributed by atoms with Gasteiger partial charge in [0.15, 0.2) is 0 Å². The van der Waals surface area contributed by atoms with Crippen molar-refractivity contribution >= 4 is 15.9 Å². The number of carbonyl (C=O) groups excluding carboxylic acids is 1. The molecule has 0 heterocycles. The highest BCUT2D eigenvalue weighted by atomic mass is 32.2. The Morgan fingerprint density at radius 1 is 1.47 bits per heavy atom. The quantitative estimate of drug-likeness (QED) is 0.649. The van der Waals surface area contributed by atoms with Crippen LogP contribution in [0.15, 0.2) is 0 Å². The van der Waals surface area contributed by atoms with Gasteiger partial charge in [0, 0.05) is 6.42 Å². The second-order valence-electron chi connectivity index (χ2n) is 5.43. The van der Waals surface area contributed by atoms with Crippen molar-refractivity contribution in [1.82, 2.24) is 0 Å². The van der Waals surface area contributed by atoms with Crippen molar-refractivity contribution in [3.8, 4) is 0 Å². The Labute approximate surface area is 89.8 Å². The Bertz CT molecular complexity index is 409. The van der Waals surface area contributed by atoms with Gasteiger partial charge < -0.3 is 4.55 Å². The van der Waals surface area contributed by atoms with Crippen LogP contribution in [0.2, 0.25) is 0 Å². The Morgan fingerprint density at radius 2 is 2.07 bits per heavy atom. The van der Waals surface area contributed by atoms with E-state index in [0.717, 1.165) is 6.42 Å². The van der Waals surface area contributed by atoms with Gasteiger partial charge in [0.1, 0.15) is 11.5 Å². The second kappa shape index (κ2) is 2.83. The summed E-state index contributed by atoms with van der Waals surface area (Å²) in [5, 5.41) is 0. The molecule has 2 atom stereocenters. The molecule has 2 aliphatic carbocycles. The number of ketones is 1. The standard InChI is InChI=1S/C10H16O4S/c1-9(2)7-3-4-10(9,8(11)5-7)6-15(12,13)14/h7H,3-6H2,1-2H3,(H,12,13,14)/p+1/t7?,10-/m1/s1. The summed E-state index contributed by atoms with van der Waals surface area (Å²) < 4.78 is 29.3. The Kier molecular flexibility index (Phi) is 2.09. The maximum absolute atomic E-state index is 11.9. The zero-order chi connectivity index (χ0) is 11.5. The third kappa shape index (κ3) is 1.36. The highest BCUT2D eigenvalue weighted by Gasteiger charge is 2.65. The predicted molar refractivity (Wildman–Crippen MR) is 56.0 cm³/mol. The molecular formula is C10H17O4S+. The van der Waals surface area contributed by atoms with Gasteiger partial charge in [0.25, 0.3) is 0 Å². The molecule has 4 nitrogen and oxygen atoms in total. The van der Waals surface area contributed by atoms with Gasteiger partial charge in [-0.2, -0.15) is 8.42 Å². The van der Waals surface area contributed by atoms with Crippen LogP contribution >= 0.6 is 0 Å². The summed E-state index contributed by atoms with van der Waals surface area (Å²) in [7, 11) is -3.83. The molecule has 2 N–H and O–H groups in total.